The minimum absolute atomic E-state index is 0.815. The summed E-state index contributed by atoms with van der Waals surface area (Å²) in [4.78, 5) is 4.18. The highest BCUT2D eigenvalue weighted by atomic mass is 79.9. The fourth-order valence-corrected chi connectivity index (χ4v) is 2.34. The smallest absolute Gasteiger partial charge is 0.151 e. The number of nitrogens with zero attached hydrogens (tertiary/aromatic N) is 3. The predicted molar refractivity (Wildman–Crippen MR) is 77.1 cm³/mol. The van der Waals surface area contributed by atoms with E-state index in [-0.39, 0.29) is 0 Å². The zero-order valence-electron chi connectivity index (χ0n) is 11.1. The minimum atomic E-state index is 0.815. The molecule has 0 bridgehead atoms. The molecular weight excluding hydrogens is 308 g/mol. The van der Waals surface area contributed by atoms with Crippen LogP contribution in [0.5, 0.6) is 5.75 Å². The molecule has 0 atom stereocenters. The number of aromatic nitrogens is 3. The fraction of sp³-hybridized carbons (Fsp3) is 0.385. The first-order chi connectivity index (χ1) is 9.19. The Morgan fingerprint density at radius 1 is 1.42 bits per heavy atom. The highest BCUT2D eigenvalue weighted by Gasteiger charge is 2.02. The van der Waals surface area contributed by atoms with Crippen molar-refractivity contribution in [2.75, 3.05) is 13.7 Å². The number of rotatable bonds is 6. The zero-order valence-corrected chi connectivity index (χ0v) is 12.6. The molecule has 1 heterocycles. The number of halogens is 1. The minimum Gasteiger partial charge on any atom is -0.496 e. The lowest BCUT2D eigenvalue weighted by Gasteiger charge is -2.07. The van der Waals surface area contributed by atoms with Crippen LogP contribution in [0.2, 0.25) is 0 Å². The van der Waals surface area contributed by atoms with E-state index in [1.807, 2.05) is 13.1 Å². The molecule has 0 saturated heterocycles. The van der Waals surface area contributed by atoms with Gasteiger partial charge in [0.05, 0.1) is 11.6 Å². The summed E-state index contributed by atoms with van der Waals surface area (Å²) in [6.07, 6.45) is 2.55. The van der Waals surface area contributed by atoms with Crippen LogP contribution in [0.25, 0.3) is 0 Å². The molecule has 2 aromatic rings. The largest absolute Gasteiger partial charge is 0.496 e. The first kappa shape index (κ1) is 14.0. The van der Waals surface area contributed by atoms with Crippen LogP contribution in [0.4, 0.5) is 0 Å². The monoisotopic (exact) mass is 324 g/mol. The van der Waals surface area contributed by atoms with E-state index in [4.69, 9.17) is 4.74 Å². The highest BCUT2D eigenvalue weighted by molar-refractivity contribution is 9.10. The second-order valence-corrected chi connectivity index (χ2v) is 5.08. The van der Waals surface area contributed by atoms with Gasteiger partial charge < -0.3 is 10.1 Å². The molecule has 0 spiro atoms. The van der Waals surface area contributed by atoms with E-state index in [0.717, 1.165) is 35.6 Å². The standard InChI is InChI=1S/C13H17BrN4O/c1-18-9-16-13(17-18)5-6-15-8-10-3-4-12(19-2)11(14)7-10/h3-4,7,9,15H,5-6,8H2,1-2H3. The molecule has 0 amide bonds. The van der Waals surface area contributed by atoms with Gasteiger partial charge in [-0.3, -0.25) is 4.68 Å². The molecule has 1 aromatic carbocycles. The quantitative estimate of drug-likeness (QED) is 0.825. The van der Waals surface area contributed by atoms with Gasteiger partial charge in [-0.25, -0.2) is 4.98 Å². The Kier molecular flexibility index (Phi) is 4.93. The first-order valence-electron chi connectivity index (χ1n) is 6.06. The van der Waals surface area contributed by atoms with Gasteiger partial charge in [0.25, 0.3) is 0 Å². The third kappa shape index (κ3) is 4.04. The van der Waals surface area contributed by atoms with E-state index in [9.17, 15) is 0 Å². The molecule has 1 aromatic heterocycles. The number of aryl methyl sites for hydroxylation is 1. The molecule has 0 aliphatic rings. The van der Waals surface area contributed by atoms with Crippen LogP contribution >= 0.6 is 15.9 Å². The summed E-state index contributed by atoms with van der Waals surface area (Å²) in [5.41, 5.74) is 1.21. The van der Waals surface area contributed by atoms with Crippen molar-refractivity contribution in [3.8, 4) is 5.75 Å². The van der Waals surface area contributed by atoms with Crippen molar-refractivity contribution in [1.29, 1.82) is 0 Å². The van der Waals surface area contributed by atoms with Crippen LogP contribution in [-0.4, -0.2) is 28.4 Å². The third-order valence-electron chi connectivity index (χ3n) is 2.72. The second kappa shape index (κ2) is 6.68. The molecule has 5 nitrogen and oxygen atoms in total. The van der Waals surface area contributed by atoms with Crippen molar-refractivity contribution in [3.05, 3.63) is 40.4 Å². The number of ether oxygens (including phenoxy) is 1. The first-order valence-corrected chi connectivity index (χ1v) is 6.86. The Morgan fingerprint density at radius 3 is 2.89 bits per heavy atom. The van der Waals surface area contributed by atoms with Gasteiger partial charge in [-0.05, 0) is 33.6 Å². The second-order valence-electron chi connectivity index (χ2n) is 4.23. The lowest BCUT2D eigenvalue weighted by molar-refractivity contribution is 0.412. The number of methoxy groups -OCH3 is 1. The molecule has 0 fully saturated rings. The molecule has 0 saturated carbocycles. The molecule has 0 unspecified atom stereocenters. The molecule has 19 heavy (non-hydrogen) atoms. The van der Waals surface area contributed by atoms with Gasteiger partial charge in [0.15, 0.2) is 5.82 Å². The van der Waals surface area contributed by atoms with Gasteiger partial charge in [-0.1, -0.05) is 6.07 Å². The Hall–Kier alpha value is -1.40. The van der Waals surface area contributed by atoms with Crippen LogP contribution < -0.4 is 10.1 Å². The van der Waals surface area contributed by atoms with Gasteiger partial charge >= 0.3 is 0 Å². The maximum atomic E-state index is 5.20. The third-order valence-corrected chi connectivity index (χ3v) is 3.34. The summed E-state index contributed by atoms with van der Waals surface area (Å²) in [5.74, 6) is 1.72. The van der Waals surface area contributed by atoms with Crippen molar-refractivity contribution in [2.45, 2.75) is 13.0 Å². The molecule has 6 heteroatoms. The SMILES string of the molecule is COc1ccc(CNCCc2ncn(C)n2)cc1Br. The zero-order chi connectivity index (χ0) is 13.7. The van der Waals surface area contributed by atoms with Crippen LogP contribution in [0.3, 0.4) is 0 Å². The van der Waals surface area contributed by atoms with Crippen molar-refractivity contribution < 1.29 is 4.74 Å². The van der Waals surface area contributed by atoms with Gasteiger partial charge in [-0.15, -0.1) is 0 Å². The van der Waals surface area contributed by atoms with E-state index in [1.54, 1.807) is 18.1 Å². The van der Waals surface area contributed by atoms with Gasteiger partial charge in [-0.2, -0.15) is 5.10 Å². The summed E-state index contributed by atoms with van der Waals surface area (Å²) >= 11 is 3.48. The molecule has 0 radical (unpaired) electrons. The molecule has 102 valence electrons. The number of nitrogens with one attached hydrogen (secondary N) is 1. The maximum Gasteiger partial charge on any atom is 0.151 e. The average Bonchev–Trinajstić information content (AvgIpc) is 2.81. The Morgan fingerprint density at radius 2 is 2.26 bits per heavy atom. The topological polar surface area (TPSA) is 52.0 Å². The molecular formula is C13H17BrN4O. The summed E-state index contributed by atoms with van der Waals surface area (Å²) < 4.78 is 7.89. The Labute approximate surface area is 121 Å². The van der Waals surface area contributed by atoms with E-state index in [2.05, 4.69) is 43.5 Å². The van der Waals surface area contributed by atoms with Crippen molar-refractivity contribution in [3.63, 3.8) is 0 Å². The highest BCUT2D eigenvalue weighted by Crippen LogP contribution is 2.25. The fourth-order valence-electron chi connectivity index (χ4n) is 1.75. The molecule has 0 aliphatic heterocycles. The summed E-state index contributed by atoms with van der Waals surface area (Å²) in [7, 11) is 3.54. The van der Waals surface area contributed by atoms with Gasteiger partial charge in [0.1, 0.15) is 12.1 Å². The Balaban J connectivity index is 1.78. The predicted octanol–water partition coefficient (Wildman–Crippen LogP) is 1.92. The lowest BCUT2D eigenvalue weighted by atomic mass is 10.2. The van der Waals surface area contributed by atoms with Crippen LogP contribution in [0.15, 0.2) is 29.0 Å². The summed E-state index contributed by atoms with van der Waals surface area (Å²) in [6.45, 7) is 1.67. The van der Waals surface area contributed by atoms with Crippen molar-refractivity contribution in [2.24, 2.45) is 7.05 Å². The summed E-state index contributed by atoms with van der Waals surface area (Å²) in [5, 5.41) is 7.61. The Bertz CT molecular complexity index is 541. The van der Waals surface area contributed by atoms with E-state index < -0.39 is 0 Å². The van der Waals surface area contributed by atoms with Gasteiger partial charge in [0.2, 0.25) is 0 Å². The maximum absolute atomic E-state index is 5.20. The number of hydrogen-bond acceptors (Lipinski definition) is 4. The van der Waals surface area contributed by atoms with E-state index in [0.29, 0.717) is 0 Å². The van der Waals surface area contributed by atoms with Crippen LogP contribution in [0, 0.1) is 0 Å². The van der Waals surface area contributed by atoms with Gasteiger partial charge in [0, 0.05) is 26.6 Å². The van der Waals surface area contributed by atoms with Crippen LogP contribution in [-0.2, 0) is 20.0 Å². The van der Waals surface area contributed by atoms with Crippen LogP contribution in [0.1, 0.15) is 11.4 Å². The normalized spacial score (nSPS) is 10.7. The van der Waals surface area contributed by atoms with Crippen molar-refractivity contribution >= 4 is 15.9 Å². The van der Waals surface area contributed by atoms with Crippen molar-refractivity contribution in [1.82, 2.24) is 20.1 Å². The average molecular weight is 325 g/mol. The molecule has 2 rings (SSSR count). The number of hydrogen-bond donors (Lipinski definition) is 1. The van der Waals surface area contributed by atoms with E-state index >= 15 is 0 Å². The lowest BCUT2D eigenvalue weighted by Crippen LogP contribution is -2.17. The molecule has 0 aliphatic carbocycles. The summed E-state index contributed by atoms with van der Waals surface area (Å²) in [6, 6.07) is 6.07. The number of benzene rings is 1. The van der Waals surface area contributed by atoms with E-state index in [1.165, 1.54) is 5.56 Å². The molecule has 1 N–H and O–H groups in total.